The number of ether oxygens (including phenoxy) is 1. The molecule has 25 heavy (non-hydrogen) atoms. The second-order valence-corrected chi connectivity index (χ2v) is 7.94. The van der Waals surface area contributed by atoms with Crippen molar-refractivity contribution in [1.82, 2.24) is 4.72 Å². The van der Waals surface area contributed by atoms with E-state index in [4.69, 9.17) is 11.6 Å². The van der Waals surface area contributed by atoms with Gasteiger partial charge in [0.25, 0.3) is 15.9 Å². The molecule has 7 nitrogen and oxygen atoms in total. The van der Waals surface area contributed by atoms with E-state index in [0.717, 1.165) is 23.5 Å². The van der Waals surface area contributed by atoms with Gasteiger partial charge in [0.05, 0.1) is 10.7 Å². The fourth-order valence-electron chi connectivity index (χ4n) is 1.62. The molecular weight excluding hydrogens is 395 g/mol. The topological polar surface area (TPSA) is 102 Å². The van der Waals surface area contributed by atoms with E-state index in [2.05, 4.69) is 14.8 Å². The van der Waals surface area contributed by atoms with Gasteiger partial charge in [0, 0.05) is 0 Å². The highest BCUT2D eigenvalue weighted by Gasteiger charge is 2.17. The van der Waals surface area contributed by atoms with Crippen molar-refractivity contribution in [2.75, 3.05) is 18.5 Å². The third-order valence-electron chi connectivity index (χ3n) is 2.74. The van der Waals surface area contributed by atoms with Gasteiger partial charge < -0.3 is 10.1 Å². The molecule has 0 atom stereocenters. The molecule has 0 aliphatic heterocycles. The molecule has 1 amide bonds. The van der Waals surface area contributed by atoms with Crippen LogP contribution in [0.3, 0.4) is 0 Å². The van der Waals surface area contributed by atoms with Crippen molar-refractivity contribution in [2.45, 2.75) is 4.21 Å². The van der Waals surface area contributed by atoms with Crippen molar-refractivity contribution in [1.29, 1.82) is 0 Å². The van der Waals surface area contributed by atoms with Gasteiger partial charge in [-0.05, 0) is 29.6 Å². The number of amides is 1. The lowest BCUT2D eigenvalue weighted by atomic mass is 10.3. The van der Waals surface area contributed by atoms with Crippen molar-refractivity contribution in [3.63, 3.8) is 0 Å². The fraction of sp³-hybridized carbons (Fsp3) is 0.143. The molecule has 134 valence electrons. The number of carbonyl (C=O) groups is 2. The zero-order valence-corrected chi connectivity index (χ0v) is 14.9. The molecule has 0 spiro atoms. The first kappa shape index (κ1) is 19.3. The predicted molar refractivity (Wildman–Crippen MR) is 90.5 cm³/mol. The lowest BCUT2D eigenvalue weighted by Crippen LogP contribution is -2.32. The van der Waals surface area contributed by atoms with Gasteiger partial charge in [0.1, 0.15) is 16.6 Å². The standard InChI is InChI=1S/C14H12ClFN2O5S2/c15-10-6-9(16)3-4-11(10)18-12(19)8-23-13(20)7-17-25(21,22)14-2-1-5-24-14/h1-6,17H,7-8H2,(H,18,19). The summed E-state index contributed by atoms with van der Waals surface area (Å²) < 4.78 is 43.3. The zero-order chi connectivity index (χ0) is 18.4. The molecule has 0 saturated heterocycles. The van der Waals surface area contributed by atoms with E-state index in [1.165, 1.54) is 12.1 Å². The quantitative estimate of drug-likeness (QED) is 0.685. The number of hydrogen-bond acceptors (Lipinski definition) is 6. The number of rotatable bonds is 7. The van der Waals surface area contributed by atoms with Gasteiger partial charge in [-0.2, -0.15) is 4.72 Å². The van der Waals surface area contributed by atoms with Crippen molar-refractivity contribution in [2.24, 2.45) is 0 Å². The Hall–Kier alpha value is -2.01. The minimum Gasteiger partial charge on any atom is -0.455 e. The van der Waals surface area contributed by atoms with Crippen LogP contribution in [0.1, 0.15) is 0 Å². The Labute approximate surface area is 151 Å². The van der Waals surface area contributed by atoms with Gasteiger partial charge in [-0.1, -0.05) is 17.7 Å². The van der Waals surface area contributed by atoms with Gasteiger partial charge in [-0.15, -0.1) is 11.3 Å². The maximum absolute atomic E-state index is 12.9. The Morgan fingerprint density at radius 2 is 2.04 bits per heavy atom. The highest BCUT2D eigenvalue weighted by molar-refractivity contribution is 7.91. The Kier molecular flexibility index (Phi) is 6.48. The number of hydrogen-bond donors (Lipinski definition) is 2. The van der Waals surface area contributed by atoms with Gasteiger partial charge in [-0.25, -0.2) is 12.8 Å². The van der Waals surface area contributed by atoms with Crippen LogP contribution < -0.4 is 10.0 Å². The summed E-state index contributed by atoms with van der Waals surface area (Å²) in [5.74, 6) is -2.20. The summed E-state index contributed by atoms with van der Waals surface area (Å²) in [6.07, 6.45) is 0. The highest BCUT2D eigenvalue weighted by atomic mass is 35.5. The molecule has 0 fully saturated rings. The Morgan fingerprint density at radius 3 is 2.68 bits per heavy atom. The van der Waals surface area contributed by atoms with Crippen molar-refractivity contribution < 1.29 is 27.1 Å². The average Bonchev–Trinajstić information content (AvgIpc) is 3.09. The first-order valence-electron chi connectivity index (χ1n) is 6.71. The minimum absolute atomic E-state index is 0.0108. The van der Waals surface area contributed by atoms with Crippen LogP contribution in [0.15, 0.2) is 39.9 Å². The van der Waals surface area contributed by atoms with E-state index in [1.807, 2.05) is 0 Å². The van der Waals surface area contributed by atoms with E-state index in [0.29, 0.717) is 0 Å². The molecular formula is C14H12ClFN2O5S2. The maximum Gasteiger partial charge on any atom is 0.321 e. The second kappa shape index (κ2) is 8.39. The smallest absolute Gasteiger partial charge is 0.321 e. The first-order chi connectivity index (χ1) is 11.8. The van der Waals surface area contributed by atoms with Crippen LogP contribution in [0.5, 0.6) is 0 Å². The molecule has 0 bridgehead atoms. The number of carbonyl (C=O) groups excluding carboxylic acids is 2. The number of esters is 1. The molecule has 1 heterocycles. The number of benzene rings is 1. The normalized spacial score (nSPS) is 11.1. The molecule has 2 aromatic rings. The average molecular weight is 407 g/mol. The molecule has 0 radical (unpaired) electrons. The largest absolute Gasteiger partial charge is 0.455 e. The predicted octanol–water partition coefficient (Wildman–Crippen LogP) is 2.00. The fourth-order valence-corrected chi connectivity index (χ4v) is 3.84. The number of anilines is 1. The summed E-state index contributed by atoms with van der Waals surface area (Å²) in [6.45, 7) is -1.27. The van der Waals surface area contributed by atoms with Crippen LogP contribution >= 0.6 is 22.9 Å². The number of sulfonamides is 1. The Bertz CT molecular complexity index is 871. The summed E-state index contributed by atoms with van der Waals surface area (Å²) in [5.41, 5.74) is 0.155. The van der Waals surface area contributed by atoms with E-state index < -0.39 is 40.9 Å². The van der Waals surface area contributed by atoms with E-state index in [9.17, 15) is 22.4 Å². The Balaban J connectivity index is 1.79. The lowest BCUT2D eigenvalue weighted by Gasteiger charge is -2.08. The molecule has 2 N–H and O–H groups in total. The number of thiophene rings is 1. The minimum atomic E-state index is -3.79. The molecule has 0 unspecified atom stereocenters. The third kappa shape index (κ3) is 5.78. The number of nitrogens with one attached hydrogen (secondary N) is 2. The summed E-state index contributed by atoms with van der Waals surface area (Å²) >= 11 is 6.74. The van der Waals surface area contributed by atoms with E-state index >= 15 is 0 Å². The summed E-state index contributed by atoms with van der Waals surface area (Å²) in [5, 5.41) is 3.91. The summed E-state index contributed by atoms with van der Waals surface area (Å²) in [6, 6.07) is 6.32. The lowest BCUT2D eigenvalue weighted by molar-refractivity contribution is -0.146. The van der Waals surface area contributed by atoms with Crippen molar-refractivity contribution >= 4 is 50.5 Å². The molecule has 2 rings (SSSR count). The molecule has 0 aliphatic carbocycles. The molecule has 1 aromatic carbocycles. The summed E-state index contributed by atoms with van der Waals surface area (Å²) in [7, 11) is -3.79. The molecule has 11 heteroatoms. The maximum atomic E-state index is 12.9. The molecule has 0 saturated carbocycles. The van der Waals surface area contributed by atoms with Gasteiger partial charge >= 0.3 is 5.97 Å². The number of halogens is 2. The van der Waals surface area contributed by atoms with Crippen LogP contribution in [-0.4, -0.2) is 33.4 Å². The summed E-state index contributed by atoms with van der Waals surface area (Å²) in [4.78, 5) is 23.2. The molecule has 1 aromatic heterocycles. The van der Waals surface area contributed by atoms with Crippen molar-refractivity contribution in [3.8, 4) is 0 Å². The SMILES string of the molecule is O=C(COC(=O)CNS(=O)(=O)c1cccs1)Nc1ccc(F)cc1Cl. The highest BCUT2D eigenvalue weighted by Crippen LogP contribution is 2.22. The van der Waals surface area contributed by atoms with Gasteiger partial charge in [-0.3, -0.25) is 9.59 Å². The van der Waals surface area contributed by atoms with Crippen LogP contribution in [0.25, 0.3) is 0 Å². The van der Waals surface area contributed by atoms with Gasteiger partial charge in [0.15, 0.2) is 6.61 Å². The van der Waals surface area contributed by atoms with Gasteiger partial charge in [0.2, 0.25) is 0 Å². The second-order valence-electron chi connectivity index (χ2n) is 4.59. The Morgan fingerprint density at radius 1 is 1.28 bits per heavy atom. The molecule has 0 aliphatic rings. The van der Waals surface area contributed by atoms with Crippen molar-refractivity contribution in [3.05, 3.63) is 46.6 Å². The first-order valence-corrected chi connectivity index (χ1v) is 9.46. The van der Waals surface area contributed by atoms with Crippen LogP contribution in [0, 0.1) is 5.82 Å². The third-order valence-corrected chi connectivity index (χ3v) is 5.85. The van der Waals surface area contributed by atoms with Crippen LogP contribution in [-0.2, 0) is 24.3 Å². The zero-order valence-electron chi connectivity index (χ0n) is 12.5. The monoisotopic (exact) mass is 406 g/mol. The van der Waals surface area contributed by atoms with Crippen LogP contribution in [0.2, 0.25) is 5.02 Å². The van der Waals surface area contributed by atoms with E-state index in [-0.39, 0.29) is 14.9 Å². The van der Waals surface area contributed by atoms with E-state index in [1.54, 1.807) is 11.4 Å². The van der Waals surface area contributed by atoms with Crippen LogP contribution in [0.4, 0.5) is 10.1 Å².